The third kappa shape index (κ3) is 5.53. The molecule has 0 unspecified atom stereocenters. The average Bonchev–Trinajstić information content (AvgIpc) is 3.42. The Balaban J connectivity index is 1.19. The number of nitrogens with one attached hydrogen (secondary N) is 1. The van der Waals surface area contributed by atoms with E-state index in [1.165, 1.54) is 55.1 Å². The topological polar surface area (TPSA) is 65.1 Å². The van der Waals surface area contributed by atoms with Gasteiger partial charge in [-0.1, -0.05) is 49.6 Å². The summed E-state index contributed by atoms with van der Waals surface area (Å²) in [6.07, 6.45) is 7.65. The quantitative estimate of drug-likeness (QED) is 0.702. The molecular formula is C22H31N5OS. The number of anilines is 1. The maximum absolute atomic E-state index is 12.6. The number of amides is 1. The molecule has 156 valence electrons. The SMILES string of the molecule is Cc1cccc(N2CCN(C(=O)CSc3n[nH]c(CCC4CCCC4)n3)CC2)c1. The van der Waals surface area contributed by atoms with Gasteiger partial charge in [-0.05, 0) is 37.0 Å². The molecule has 1 aromatic carbocycles. The average molecular weight is 414 g/mol. The van der Waals surface area contributed by atoms with E-state index in [4.69, 9.17) is 0 Å². The van der Waals surface area contributed by atoms with Crippen molar-refractivity contribution in [2.45, 2.75) is 50.6 Å². The van der Waals surface area contributed by atoms with Crippen LogP contribution in [0.5, 0.6) is 0 Å². The standard InChI is InChI=1S/C22H31N5OS/c1-17-5-4-8-19(15-17)26-11-13-27(14-12-26)21(28)16-29-22-23-20(24-25-22)10-9-18-6-2-3-7-18/h4-5,8,15,18H,2-3,6-7,9-14,16H2,1H3,(H,23,24,25). The van der Waals surface area contributed by atoms with E-state index < -0.39 is 0 Å². The monoisotopic (exact) mass is 413 g/mol. The van der Waals surface area contributed by atoms with E-state index in [1.54, 1.807) is 0 Å². The lowest BCUT2D eigenvalue weighted by atomic mass is 10.0. The molecule has 1 aliphatic carbocycles. The van der Waals surface area contributed by atoms with Crippen molar-refractivity contribution >= 4 is 23.4 Å². The fraction of sp³-hybridized carbons (Fsp3) is 0.591. The van der Waals surface area contributed by atoms with Crippen LogP contribution in [-0.4, -0.2) is 57.9 Å². The largest absolute Gasteiger partial charge is 0.368 e. The summed E-state index contributed by atoms with van der Waals surface area (Å²) < 4.78 is 0. The molecule has 1 aliphatic heterocycles. The number of thioether (sulfide) groups is 1. The summed E-state index contributed by atoms with van der Waals surface area (Å²) >= 11 is 1.44. The van der Waals surface area contributed by atoms with Crippen LogP contribution in [0.4, 0.5) is 5.69 Å². The molecule has 7 heteroatoms. The fourth-order valence-corrected chi connectivity index (χ4v) is 5.07. The summed E-state index contributed by atoms with van der Waals surface area (Å²) in [6, 6.07) is 8.57. The lowest BCUT2D eigenvalue weighted by Crippen LogP contribution is -2.49. The van der Waals surface area contributed by atoms with Crippen LogP contribution >= 0.6 is 11.8 Å². The second kappa shape index (κ2) is 9.65. The van der Waals surface area contributed by atoms with Gasteiger partial charge in [0.25, 0.3) is 0 Å². The summed E-state index contributed by atoms with van der Waals surface area (Å²) in [5, 5.41) is 8.03. The minimum Gasteiger partial charge on any atom is -0.368 e. The molecule has 0 spiro atoms. The molecule has 2 aromatic rings. The van der Waals surface area contributed by atoms with E-state index in [-0.39, 0.29) is 5.91 Å². The van der Waals surface area contributed by atoms with Crippen LogP contribution in [-0.2, 0) is 11.2 Å². The second-order valence-electron chi connectivity index (χ2n) is 8.25. The molecule has 1 saturated heterocycles. The highest BCUT2D eigenvalue weighted by Crippen LogP contribution is 2.28. The molecule has 2 aliphatic rings. The fourth-order valence-electron chi connectivity index (χ4n) is 4.35. The van der Waals surface area contributed by atoms with Crippen molar-refractivity contribution < 1.29 is 4.79 Å². The zero-order chi connectivity index (χ0) is 20.1. The van der Waals surface area contributed by atoms with Gasteiger partial charge in [-0.15, -0.1) is 5.10 Å². The lowest BCUT2D eigenvalue weighted by molar-refractivity contribution is -0.128. The van der Waals surface area contributed by atoms with Crippen LogP contribution in [0.2, 0.25) is 0 Å². The Labute approximate surface area is 177 Å². The third-order valence-corrected chi connectivity index (χ3v) is 6.93. The first-order chi connectivity index (χ1) is 14.2. The Bertz CT molecular complexity index is 809. The predicted octanol–water partition coefficient (Wildman–Crippen LogP) is 3.68. The van der Waals surface area contributed by atoms with Gasteiger partial charge in [-0.2, -0.15) is 0 Å². The van der Waals surface area contributed by atoms with Gasteiger partial charge in [0.1, 0.15) is 5.82 Å². The zero-order valence-electron chi connectivity index (χ0n) is 17.3. The predicted molar refractivity (Wildman–Crippen MR) is 117 cm³/mol. The van der Waals surface area contributed by atoms with E-state index in [0.717, 1.165) is 44.3 Å². The van der Waals surface area contributed by atoms with Crippen molar-refractivity contribution in [3.63, 3.8) is 0 Å². The number of benzene rings is 1. The number of piperazine rings is 1. The van der Waals surface area contributed by atoms with Crippen molar-refractivity contribution in [3.05, 3.63) is 35.7 Å². The van der Waals surface area contributed by atoms with Crippen LogP contribution in [0.25, 0.3) is 0 Å². The van der Waals surface area contributed by atoms with E-state index in [1.807, 2.05) is 4.90 Å². The third-order valence-electron chi connectivity index (χ3n) is 6.10. The van der Waals surface area contributed by atoms with Crippen LogP contribution in [0, 0.1) is 12.8 Å². The Morgan fingerprint density at radius 3 is 2.76 bits per heavy atom. The van der Waals surface area contributed by atoms with Gasteiger partial charge < -0.3 is 9.80 Å². The van der Waals surface area contributed by atoms with Gasteiger partial charge in [0.2, 0.25) is 11.1 Å². The summed E-state index contributed by atoms with van der Waals surface area (Å²) in [6.45, 7) is 5.42. The Hall–Kier alpha value is -2.02. The Morgan fingerprint density at radius 2 is 2.00 bits per heavy atom. The molecule has 2 fully saturated rings. The molecular weight excluding hydrogens is 382 g/mol. The maximum atomic E-state index is 12.6. The number of nitrogens with zero attached hydrogens (tertiary/aromatic N) is 4. The van der Waals surface area contributed by atoms with Crippen molar-refractivity contribution in [3.8, 4) is 0 Å². The van der Waals surface area contributed by atoms with Gasteiger partial charge in [-0.25, -0.2) is 4.98 Å². The van der Waals surface area contributed by atoms with Crippen LogP contribution in [0.3, 0.4) is 0 Å². The number of aromatic amines is 1. The van der Waals surface area contributed by atoms with Gasteiger partial charge in [0.05, 0.1) is 5.75 Å². The lowest BCUT2D eigenvalue weighted by Gasteiger charge is -2.36. The Kier molecular flexibility index (Phi) is 6.74. The minimum absolute atomic E-state index is 0.177. The highest BCUT2D eigenvalue weighted by atomic mass is 32.2. The maximum Gasteiger partial charge on any atom is 0.233 e. The number of H-pyrrole nitrogens is 1. The number of carbonyl (C=O) groups is 1. The summed E-state index contributed by atoms with van der Waals surface area (Å²) in [4.78, 5) is 21.5. The van der Waals surface area contributed by atoms with Crippen LogP contribution in [0.1, 0.15) is 43.5 Å². The van der Waals surface area contributed by atoms with Crippen molar-refractivity contribution in [1.29, 1.82) is 0 Å². The van der Waals surface area contributed by atoms with Crippen molar-refractivity contribution in [2.75, 3.05) is 36.8 Å². The number of carbonyl (C=O) groups excluding carboxylic acids is 1. The first-order valence-corrected chi connectivity index (χ1v) is 11.8. The molecule has 4 rings (SSSR count). The number of aryl methyl sites for hydroxylation is 2. The molecule has 1 amide bonds. The second-order valence-corrected chi connectivity index (χ2v) is 9.19. The van der Waals surface area contributed by atoms with Crippen molar-refractivity contribution in [2.24, 2.45) is 5.92 Å². The first kappa shape index (κ1) is 20.3. The number of hydrogen-bond donors (Lipinski definition) is 1. The van der Waals surface area contributed by atoms with Crippen LogP contribution < -0.4 is 4.90 Å². The Morgan fingerprint density at radius 1 is 1.21 bits per heavy atom. The van der Waals surface area contributed by atoms with E-state index in [9.17, 15) is 4.79 Å². The van der Waals surface area contributed by atoms with Gasteiger partial charge >= 0.3 is 0 Å². The highest BCUT2D eigenvalue weighted by Gasteiger charge is 2.22. The minimum atomic E-state index is 0.177. The van der Waals surface area contributed by atoms with Gasteiger partial charge in [-0.3, -0.25) is 9.89 Å². The van der Waals surface area contributed by atoms with Gasteiger partial charge in [0, 0.05) is 38.3 Å². The molecule has 1 saturated carbocycles. The first-order valence-electron chi connectivity index (χ1n) is 10.8. The van der Waals surface area contributed by atoms with E-state index in [0.29, 0.717) is 10.9 Å². The summed E-state index contributed by atoms with van der Waals surface area (Å²) in [5.41, 5.74) is 2.52. The smallest absolute Gasteiger partial charge is 0.233 e. The normalized spacial score (nSPS) is 17.8. The molecule has 0 atom stereocenters. The van der Waals surface area contributed by atoms with E-state index in [2.05, 4.69) is 51.3 Å². The summed E-state index contributed by atoms with van der Waals surface area (Å²) in [7, 11) is 0. The summed E-state index contributed by atoms with van der Waals surface area (Å²) in [5.74, 6) is 2.40. The van der Waals surface area contributed by atoms with Gasteiger partial charge in [0.15, 0.2) is 0 Å². The molecule has 0 radical (unpaired) electrons. The molecule has 29 heavy (non-hydrogen) atoms. The molecule has 0 bridgehead atoms. The number of aromatic nitrogens is 3. The molecule has 1 aromatic heterocycles. The molecule has 1 N–H and O–H groups in total. The van der Waals surface area contributed by atoms with Crippen LogP contribution in [0.15, 0.2) is 29.4 Å². The number of rotatable bonds is 7. The highest BCUT2D eigenvalue weighted by molar-refractivity contribution is 7.99. The van der Waals surface area contributed by atoms with Crippen molar-refractivity contribution in [1.82, 2.24) is 20.1 Å². The zero-order valence-corrected chi connectivity index (χ0v) is 18.1. The molecule has 2 heterocycles. The molecule has 6 nitrogen and oxygen atoms in total. The number of hydrogen-bond acceptors (Lipinski definition) is 5. The van der Waals surface area contributed by atoms with E-state index >= 15 is 0 Å².